The van der Waals surface area contributed by atoms with Gasteiger partial charge in [-0.15, -0.1) is 6.58 Å². The molecule has 0 radical (unpaired) electrons. The van der Waals surface area contributed by atoms with Crippen molar-refractivity contribution in [2.24, 2.45) is 88.8 Å². The van der Waals surface area contributed by atoms with Gasteiger partial charge in [-0.2, -0.15) is 0 Å². The van der Waals surface area contributed by atoms with Crippen molar-refractivity contribution in [2.45, 2.75) is 359 Å². The number of ketones is 1. The number of Topliss-reactive ketones (excluding diaryl/α,β-unsaturated/α-hetero) is 1. The Morgan fingerprint density at radius 2 is 0.752 bits per heavy atom. The lowest BCUT2D eigenvalue weighted by molar-refractivity contribution is -0.149. The average Bonchev–Trinajstić information content (AvgIpc) is 1.62. The average molecular weight is 1760 g/mol. The molecule has 0 aliphatic heterocycles. The molecule has 722 valence electrons. The van der Waals surface area contributed by atoms with Gasteiger partial charge in [-0.1, -0.05) is 454 Å². The lowest BCUT2D eigenvalue weighted by Crippen LogP contribution is -2.30. The number of ether oxygens (including phenoxy) is 5. The Labute approximate surface area is 774 Å². The fourth-order valence-corrected chi connectivity index (χ4v) is 12.0. The van der Waals surface area contributed by atoms with Crippen LogP contribution >= 0.6 is 0 Å². The van der Waals surface area contributed by atoms with Crippen molar-refractivity contribution in [1.82, 2.24) is 0 Å². The lowest BCUT2D eigenvalue weighted by atomic mass is 9.98. The highest BCUT2D eigenvalue weighted by molar-refractivity contribution is 6.78. The molecule has 13 heteroatoms. The highest BCUT2D eigenvalue weighted by Crippen LogP contribution is 2.44. The van der Waals surface area contributed by atoms with Gasteiger partial charge in [0.2, 0.25) is 0 Å². The van der Waals surface area contributed by atoms with Gasteiger partial charge in [-0.3, -0.25) is 28.8 Å². The fourth-order valence-electron chi connectivity index (χ4n) is 9.41. The molecular formula is C112H198O12Si. The van der Waals surface area contributed by atoms with Crippen LogP contribution < -0.4 is 0 Å². The zero-order chi connectivity index (χ0) is 98.0. The molecule has 0 spiro atoms. The molecule has 5 aromatic carbocycles. The number of carbonyl (C=O) groups is 6. The zero-order valence-electron chi connectivity index (χ0n) is 87.6. The van der Waals surface area contributed by atoms with Gasteiger partial charge < -0.3 is 28.8 Å². The van der Waals surface area contributed by atoms with Gasteiger partial charge in [0.25, 0.3) is 0 Å². The Morgan fingerprint density at radius 1 is 0.400 bits per heavy atom. The minimum atomic E-state index is -0.844. The molecule has 5 aromatic rings. The number of hydrogen-bond acceptors (Lipinski definition) is 12. The van der Waals surface area contributed by atoms with Crippen LogP contribution in [0.25, 0.3) is 11.1 Å². The first-order valence-electron chi connectivity index (χ1n) is 47.0. The molecule has 1 N–H and O–H groups in total. The molecule has 125 heavy (non-hydrogen) atoms. The van der Waals surface area contributed by atoms with Crippen molar-refractivity contribution in [3.8, 4) is 11.1 Å². The molecule has 0 saturated heterocycles. The predicted octanol–water partition coefficient (Wildman–Crippen LogP) is 32.3. The molecule has 0 unspecified atom stereocenters. The van der Waals surface area contributed by atoms with E-state index in [0.717, 1.165) is 77.4 Å². The van der Waals surface area contributed by atoms with Gasteiger partial charge in [0, 0.05) is 11.8 Å². The van der Waals surface area contributed by atoms with E-state index in [1.54, 1.807) is 26.8 Å². The summed E-state index contributed by atoms with van der Waals surface area (Å²) in [7, 11) is -0.844. The van der Waals surface area contributed by atoms with Crippen LogP contribution in [0.1, 0.15) is 348 Å². The first-order valence-corrected chi connectivity index (χ1v) is 50.2. The van der Waals surface area contributed by atoms with Gasteiger partial charge in [-0.25, -0.2) is 0 Å². The van der Waals surface area contributed by atoms with E-state index in [2.05, 4.69) is 258 Å². The topological polar surface area (TPSA) is 169 Å². The zero-order valence-corrected chi connectivity index (χ0v) is 88.6. The van der Waals surface area contributed by atoms with Gasteiger partial charge in [0.15, 0.2) is 0 Å². The third-order valence-corrected chi connectivity index (χ3v) is 22.3. The summed E-state index contributed by atoms with van der Waals surface area (Å²) >= 11 is 0. The number of carbonyl (C=O) groups excluding carboxylic acids is 6. The van der Waals surface area contributed by atoms with Crippen LogP contribution in [-0.2, 0) is 72.1 Å². The molecule has 0 saturated carbocycles. The van der Waals surface area contributed by atoms with Crippen LogP contribution in [0, 0.1) is 88.8 Å². The molecule has 0 heterocycles. The Morgan fingerprint density at radius 3 is 1.02 bits per heavy atom. The Bertz CT molecular complexity index is 3270. The van der Waals surface area contributed by atoms with Crippen LogP contribution in [-0.4, -0.2) is 75.2 Å². The van der Waals surface area contributed by atoms with Gasteiger partial charge >= 0.3 is 29.8 Å². The molecule has 0 atom stereocenters. The van der Waals surface area contributed by atoms with Gasteiger partial charge in [0.05, 0.1) is 57.5 Å². The molecule has 0 aromatic heterocycles. The van der Waals surface area contributed by atoms with Gasteiger partial charge in [-0.05, 0) is 136 Å². The number of rotatable bonds is 28. The molecule has 0 bridgehead atoms. The highest BCUT2D eigenvalue weighted by atomic mass is 28.3. The van der Waals surface area contributed by atoms with E-state index in [0.29, 0.717) is 50.8 Å². The minimum absolute atomic E-state index is 0. The van der Waals surface area contributed by atoms with Crippen molar-refractivity contribution in [2.75, 3.05) is 26.4 Å². The largest absolute Gasteiger partial charge is 0.465 e. The minimum Gasteiger partial charge on any atom is -0.465 e. The van der Waals surface area contributed by atoms with Crippen molar-refractivity contribution in [3.63, 3.8) is 0 Å². The van der Waals surface area contributed by atoms with E-state index in [1.807, 2.05) is 157 Å². The van der Waals surface area contributed by atoms with Crippen LogP contribution in [0.4, 0.5) is 0 Å². The monoisotopic (exact) mass is 1760 g/mol. The Kier molecular flexibility index (Phi) is 92.2. The molecule has 0 fully saturated rings. The fraction of sp³-hybridized carbons (Fsp3) is 0.643. The summed E-state index contributed by atoms with van der Waals surface area (Å²) in [6.45, 7) is 95.4. The lowest BCUT2D eigenvalue weighted by Gasteiger charge is -2.28. The van der Waals surface area contributed by atoms with E-state index < -0.39 is 8.07 Å². The van der Waals surface area contributed by atoms with Crippen LogP contribution in [0.3, 0.4) is 0 Å². The third-order valence-electron chi connectivity index (χ3n) is 17.3. The summed E-state index contributed by atoms with van der Waals surface area (Å²) < 4.78 is 24.9. The molecule has 12 nitrogen and oxygen atoms in total. The van der Waals surface area contributed by atoms with Crippen molar-refractivity contribution in [3.05, 3.63) is 192 Å². The second-order valence-corrected chi connectivity index (χ2v) is 44.7. The van der Waals surface area contributed by atoms with E-state index in [9.17, 15) is 28.8 Å². The van der Waals surface area contributed by atoms with E-state index in [4.69, 9.17) is 28.8 Å². The maximum absolute atomic E-state index is 11.7. The highest BCUT2D eigenvalue weighted by Gasteiger charge is 2.30. The molecule has 6 rings (SSSR count). The molecular weight excluding hydrogens is 1570 g/mol. The quantitative estimate of drug-likeness (QED) is 0.0218. The third kappa shape index (κ3) is 91.3. The Balaban J connectivity index is -0.000000169. The predicted molar refractivity (Wildman–Crippen MR) is 549 cm³/mol. The van der Waals surface area contributed by atoms with Crippen LogP contribution in [0.5, 0.6) is 0 Å². The number of allylic oxidation sites excluding steroid dienone is 1. The summed E-state index contributed by atoms with van der Waals surface area (Å²) in [6, 6.07) is 46.5. The number of aliphatic hydroxyl groups excluding tert-OH is 1. The van der Waals surface area contributed by atoms with Crippen LogP contribution in [0.2, 0.25) is 24.7 Å². The Hall–Kier alpha value is -7.22. The first-order chi connectivity index (χ1) is 57.4. The van der Waals surface area contributed by atoms with Crippen molar-refractivity contribution >= 4 is 43.7 Å². The maximum Gasteiger partial charge on any atom is 0.308 e. The second-order valence-electron chi connectivity index (χ2n) is 39.2. The van der Waals surface area contributed by atoms with Crippen molar-refractivity contribution < 1.29 is 57.6 Å². The summed E-state index contributed by atoms with van der Waals surface area (Å²) in [4.78, 5) is 65.1. The number of aliphatic hydroxyl groups is 1. The SMILES string of the molecule is C.C=CCC(C)C.C=CCOC(=O)C(C)C.CC(=O)C(C)C.CC(C)C.CC(C)C.CC(C)C(=O)OCC1c2ccccc2-c2ccccc21.CC(C)C(=O)OCc1ccccc1.CC(C)CC(C)C.CC(C)COC(=O)C(C)C.CC(C)C[Si](C)(C)C(C)C.CC(C)Cc1ccc(CO)cc1.CC(C)c1ccccc1.CCC(C)C.CCCOC(=O)C(C)C. The number of esters is 5. The summed E-state index contributed by atoms with van der Waals surface area (Å²) in [5.41, 5.74) is 10.7. The van der Waals surface area contributed by atoms with Gasteiger partial charge in [0.1, 0.15) is 25.6 Å². The van der Waals surface area contributed by atoms with Crippen LogP contribution in [0.15, 0.2) is 159 Å². The smallest absolute Gasteiger partial charge is 0.308 e. The standard InChI is InChI=1S/C18H18O2.C11H14O2.C11H16O.C9H22Si.C9H12.C8H16O2.C7H14O2.C7H12O2.C7H16.C6H12.C5H10O.C5H12.2C4H10.CH4/c1-12(2)18(19)20-11-17-15-9-5-3-7-13(15)14-8-4-6-10-16(14)17;1-9(2)11(12)13-8-10-6-4-3-5-7-10;1-9(2)7-10-3-5-11(8-12)6-4-10;1-8(2)7-10(5,6)9(3)4;1-8(2)9-6-4-3-5-7-9;1-6(2)5-10-8(9)7(3)4;2*1-4-5-9-7(8)6(2)3;1-6(2)5-7(3)4;1-4-5-6(2)3;1-4(2)5(3)6;1-4-5(2)3;2*1-4(2)3;/h3-10,12,17H,11H2,1-2H3;3-7,9H,8H2,1-2H3;3-6,9,12H,7-8H2,1-2H3;8-9H,7H2,1-6H3;3-8H,1-2H3;6-7H,5H2,1-4H3;6H,4-5H2,1-3H3;4,6H,1,5H2,2-3H3;6-7H,5H2,1-4H3;4,6H,1,5H2,2-3H3;4H,1-3H3;5H,4H2,1-3H3;2*4H,1-3H3;1H4. The molecule has 1 aliphatic carbocycles. The first kappa shape index (κ1) is 136. The van der Waals surface area contributed by atoms with E-state index in [1.165, 1.54) is 52.3 Å². The number of hydrogen-bond donors (Lipinski definition) is 1. The summed E-state index contributed by atoms with van der Waals surface area (Å²) in [5.74, 6) is 7.58. The number of fused-ring (bicyclic) bond motifs is 3. The van der Waals surface area contributed by atoms with Crippen molar-refractivity contribution in [1.29, 1.82) is 0 Å². The second kappa shape index (κ2) is 84.9. The van der Waals surface area contributed by atoms with E-state index in [-0.39, 0.29) is 91.1 Å². The van der Waals surface area contributed by atoms with E-state index >= 15 is 0 Å². The maximum atomic E-state index is 11.7. The molecule has 1 aliphatic rings. The molecule has 0 amide bonds. The normalized spacial score (nSPS) is 10.6. The summed E-state index contributed by atoms with van der Waals surface area (Å²) in [6.07, 6.45) is 9.33. The summed E-state index contributed by atoms with van der Waals surface area (Å²) in [5, 5.41) is 8.81. The number of benzene rings is 5.